The molecule has 0 spiro atoms. The molecule has 0 unspecified atom stereocenters. The molecule has 0 atom stereocenters. The van der Waals surface area contributed by atoms with E-state index in [2.05, 4.69) is 10.3 Å². The molecule has 1 aliphatic heterocycles. The Morgan fingerprint density at radius 2 is 1.93 bits per heavy atom. The van der Waals surface area contributed by atoms with Gasteiger partial charge >= 0.3 is 0 Å². The quantitative estimate of drug-likeness (QED) is 0.697. The lowest BCUT2D eigenvalue weighted by atomic mass is 9.96. The van der Waals surface area contributed by atoms with Gasteiger partial charge in [-0.25, -0.2) is 4.98 Å². The summed E-state index contributed by atoms with van der Waals surface area (Å²) in [5, 5.41) is 2.99. The van der Waals surface area contributed by atoms with Gasteiger partial charge in [-0.1, -0.05) is 30.9 Å². The van der Waals surface area contributed by atoms with E-state index in [9.17, 15) is 13.2 Å². The molecule has 0 bridgehead atoms. The molecule has 156 valence electrons. The van der Waals surface area contributed by atoms with Gasteiger partial charge in [-0.2, -0.15) is 17.0 Å². The molecule has 28 heavy (non-hydrogen) atoms. The predicted octanol–water partition coefficient (Wildman–Crippen LogP) is 1.80. The fourth-order valence-electron chi connectivity index (χ4n) is 3.81. The summed E-state index contributed by atoms with van der Waals surface area (Å²) in [6.07, 6.45) is 6.81. The van der Waals surface area contributed by atoms with Gasteiger partial charge in [0, 0.05) is 45.5 Å². The molecule has 1 aromatic heterocycles. The average Bonchev–Trinajstić information content (AvgIpc) is 2.70. The topological polar surface area (TPSA) is 85.9 Å². The molecule has 1 amide bonds. The number of pyridine rings is 1. The lowest BCUT2D eigenvalue weighted by Crippen LogP contribution is -2.55. The summed E-state index contributed by atoms with van der Waals surface area (Å²) in [6.45, 7) is 2.01. The van der Waals surface area contributed by atoms with E-state index in [0.717, 1.165) is 25.7 Å². The van der Waals surface area contributed by atoms with Crippen LogP contribution in [0.2, 0.25) is 5.15 Å². The molecule has 0 radical (unpaired) electrons. The number of nitrogens with one attached hydrogen (secondary N) is 1. The van der Waals surface area contributed by atoms with Crippen molar-refractivity contribution in [2.75, 3.05) is 45.1 Å². The van der Waals surface area contributed by atoms with Crippen molar-refractivity contribution in [3.63, 3.8) is 0 Å². The fourth-order valence-corrected chi connectivity index (χ4v) is 5.55. The van der Waals surface area contributed by atoms with Crippen molar-refractivity contribution >= 4 is 33.4 Å². The number of carbonyl (C=O) groups is 1. The summed E-state index contributed by atoms with van der Waals surface area (Å²) in [5.74, 6) is -0.189. The van der Waals surface area contributed by atoms with Crippen molar-refractivity contribution in [2.45, 2.75) is 38.1 Å². The van der Waals surface area contributed by atoms with E-state index < -0.39 is 10.2 Å². The number of piperazine rings is 1. The third kappa shape index (κ3) is 5.21. The molecule has 1 aromatic rings. The van der Waals surface area contributed by atoms with Gasteiger partial charge in [0.1, 0.15) is 0 Å². The van der Waals surface area contributed by atoms with E-state index >= 15 is 0 Å². The van der Waals surface area contributed by atoms with Crippen molar-refractivity contribution in [3.8, 4) is 0 Å². The van der Waals surface area contributed by atoms with Gasteiger partial charge in [0.25, 0.3) is 10.2 Å². The van der Waals surface area contributed by atoms with Crippen molar-refractivity contribution in [3.05, 3.63) is 23.5 Å². The predicted molar refractivity (Wildman–Crippen MR) is 109 cm³/mol. The van der Waals surface area contributed by atoms with Crippen LogP contribution in [0.4, 0.5) is 5.69 Å². The minimum atomic E-state index is -3.45. The summed E-state index contributed by atoms with van der Waals surface area (Å²) in [7, 11) is -1.76. The summed E-state index contributed by atoms with van der Waals surface area (Å²) in [5.41, 5.74) is 0.476. The second kappa shape index (κ2) is 9.49. The number of carbonyl (C=O) groups excluding carboxylic acids is 1. The standard InChI is InChI=1S/C18H28ClN5O3S/c1-22(15-6-3-2-4-7-15)28(26,27)24-12-10-23(11-13-24)14-17(25)21-16-8-5-9-20-18(16)19/h5,8-9,15H,2-4,6-7,10-14H2,1H3,(H,21,25). The molecule has 0 aromatic carbocycles. The van der Waals surface area contributed by atoms with Crippen LogP contribution in [0.3, 0.4) is 0 Å². The lowest BCUT2D eigenvalue weighted by molar-refractivity contribution is -0.117. The lowest BCUT2D eigenvalue weighted by Gasteiger charge is -2.38. The highest BCUT2D eigenvalue weighted by molar-refractivity contribution is 7.86. The van der Waals surface area contributed by atoms with Gasteiger partial charge in [0.05, 0.1) is 12.2 Å². The summed E-state index contributed by atoms with van der Waals surface area (Å²) in [4.78, 5) is 18.1. The SMILES string of the molecule is CN(C1CCCCC1)S(=O)(=O)N1CCN(CC(=O)Nc2cccnc2Cl)CC1. The largest absolute Gasteiger partial charge is 0.322 e. The van der Waals surface area contributed by atoms with E-state index in [4.69, 9.17) is 11.6 Å². The van der Waals surface area contributed by atoms with E-state index in [1.165, 1.54) is 10.7 Å². The zero-order valence-corrected chi connectivity index (χ0v) is 17.8. The Morgan fingerprint density at radius 3 is 2.57 bits per heavy atom. The first-order chi connectivity index (χ1) is 13.4. The van der Waals surface area contributed by atoms with Gasteiger partial charge in [0.2, 0.25) is 5.91 Å². The number of rotatable bonds is 6. The van der Waals surface area contributed by atoms with Gasteiger partial charge in [-0.3, -0.25) is 9.69 Å². The number of anilines is 1. The van der Waals surface area contributed by atoms with E-state index in [-0.39, 0.29) is 23.6 Å². The van der Waals surface area contributed by atoms with Crippen LogP contribution in [0, 0.1) is 0 Å². The Bertz CT molecular complexity index is 777. The highest BCUT2D eigenvalue weighted by Gasteiger charge is 2.34. The van der Waals surface area contributed by atoms with Crippen LogP contribution in [-0.4, -0.2) is 78.6 Å². The van der Waals surface area contributed by atoms with E-state index in [1.807, 2.05) is 4.90 Å². The maximum absolute atomic E-state index is 12.9. The fraction of sp³-hybridized carbons (Fsp3) is 0.667. The highest BCUT2D eigenvalue weighted by atomic mass is 35.5. The van der Waals surface area contributed by atoms with Crippen LogP contribution in [0.1, 0.15) is 32.1 Å². The Labute approximate surface area is 172 Å². The third-order valence-corrected chi connectivity index (χ3v) is 7.86. The maximum Gasteiger partial charge on any atom is 0.282 e. The molecule has 2 aliphatic rings. The first kappa shape index (κ1) is 21.4. The first-order valence-corrected chi connectivity index (χ1v) is 11.5. The Kier molecular flexibility index (Phi) is 7.27. The Morgan fingerprint density at radius 1 is 1.25 bits per heavy atom. The molecule has 1 aliphatic carbocycles. The van der Waals surface area contributed by atoms with E-state index in [1.54, 1.807) is 29.7 Å². The summed E-state index contributed by atoms with van der Waals surface area (Å²) < 4.78 is 28.9. The summed E-state index contributed by atoms with van der Waals surface area (Å²) in [6, 6.07) is 3.50. The number of nitrogens with zero attached hydrogens (tertiary/aromatic N) is 4. The molecule has 8 nitrogen and oxygen atoms in total. The van der Waals surface area contributed by atoms with Crippen LogP contribution < -0.4 is 5.32 Å². The smallest absolute Gasteiger partial charge is 0.282 e. The molecule has 1 N–H and O–H groups in total. The zero-order valence-electron chi connectivity index (χ0n) is 16.2. The molecular weight excluding hydrogens is 402 g/mol. The molecular formula is C18H28ClN5O3S. The number of amides is 1. The molecule has 1 saturated heterocycles. The van der Waals surface area contributed by atoms with Gasteiger partial charge < -0.3 is 5.32 Å². The number of halogens is 1. The second-order valence-corrected chi connectivity index (χ2v) is 9.73. The van der Waals surface area contributed by atoms with Crippen LogP contribution in [-0.2, 0) is 15.0 Å². The van der Waals surface area contributed by atoms with Crippen molar-refractivity contribution in [2.24, 2.45) is 0 Å². The Hall–Kier alpha value is -1.26. The minimum absolute atomic E-state index is 0.104. The van der Waals surface area contributed by atoms with Crippen molar-refractivity contribution in [1.82, 2.24) is 18.5 Å². The normalized spacial score (nSPS) is 20.4. The van der Waals surface area contributed by atoms with Gasteiger partial charge in [0.15, 0.2) is 5.15 Å². The minimum Gasteiger partial charge on any atom is -0.322 e. The van der Waals surface area contributed by atoms with Crippen molar-refractivity contribution < 1.29 is 13.2 Å². The van der Waals surface area contributed by atoms with Crippen LogP contribution >= 0.6 is 11.6 Å². The summed E-state index contributed by atoms with van der Waals surface area (Å²) >= 11 is 5.96. The van der Waals surface area contributed by atoms with Gasteiger partial charge in [-0.15, -0.1) is 0 Å². The monoisotopic (exact) mass is 429 g/mol. The van der Waals surface area contributed by atoms with E-state index in [0.29, 0.717) is 31.9 Å². The third-order valence-electron chi connectivity index (χ3n) is 5.51. The van der Waals surface area contributed by atoms with Crippen LogP contribution in [0.5, 0.6) is 0 Å². The molecule has 2 fully saturated rings. The number of hydrogen-bond donors (Lipinski definition) is 1. The van der Waals surface area contributed by atoms with Crippen LogP contribution in [0.15, 0.2) is 18.3 Å². The molecule has 3 rings (SSSR count). The van der Waals surface area contributed by atoms with Crippen LogP contribution in [0.25, 0.3) is 0 Å². The molecule has 1 saturated carbocycles. The average molecular weight is 430 g/mol. The zero-order chi connectivity index (χ0) is 20.1. The molecule has 2 heterocycles. The highest BCUT2D eigenvalue weighted by Crippen LogP contribution is 2.25. The van der Waals surface area contributed by atoms with Crippen molar-refractivity contribution in [1.29, 1.82) is 0 Å². The van der Waals surface area contributed by atoms with Gasteiger partial charge in [-0.05, 0) is 25.0 Å². The molecule has 10 heteroatoms. The first-order valence-electron chi connectivity index (χ1n) is 9.74. The number of hydrogen-bond acceptors (Lipinski definition) is 5. The number of aromatic nitrogens is 1. The maximum atomic E-state index is 12.9. The second-order valence-electron chi connectivity index (χ2n) is 7.38. The Balaban J connectivity index is 1.49.